The number of esters is 2. The second kappa shape index (κ2) is 7.72. The molecule has 21 heavy (non-hydrogen) atoms. The lowest BCUT2D eigenvalue weighted by Gasteiger charge is -2.22. The zero-order valence-corrected chi connectivity index (χ0v) is 13.1. The molecule has 1 aliphatic rings. The molecule has 0 aromatic carbocycles. The van der Waals surface area contributed by atoms with E-state index in [1.54, 1.807) is 20.8 Å². The Kier molecular flexibility index (Phi) is 6.28. The molecule has 1 rings (SSSR count). The van der Waals surface area contributed by atoms with Crippen LogP contribution in [0.3, 0.4) is 0 Å². The average molecular weight is 291 g/mol. The summed E-state index contributed by atoms with van der Waals surface area (Å²) in [5.41, 5.74) is 0.808. The Balaban J connectivity index is 2.88. The molecule has 0 amide bonds. The first kappa shape index (κ1) is 17.1. The molecule has 4 heteroatoms. The first-order valence-corrected chi connectivity index (χ1v) is 7.18. The number of rotatable bonds is 6. The van der Waals surface area contributed by atoms with E-state index in [1.807, 2.05) is 37.6 Å². The fourth-order valence-electron chi connectivity index (χ4n) is 1.86. The van der Waals surface area contributed by atoms with E-state index in [0.29, 0.717) is 0 Å². The number of carbonyl (C=O) groups is 2. The molecule has 0 aromatic heterocycles. The number of hydrogen-bond acceptors (Lipinski definition) is 4. The standard InChI is InChI=1S/C17H23O4/c1-5-20-15(18)17(4,16(19)21-6-2)12-11-14-9-7-13(3)8-10-14/h7-11H,5-6,12H2,1-4H3/q+1. The van der Waals surface area contributed by atoms with Crippen LogP contribution in [0.5, 0.6) is 0 Å². The van der Waals surface area contributed by atoms with Gasteiger partial charge in [-0.3, -0.25) is 9.59 Å². The Bertz CT molecular complexity index is 465. The lowest BCUT2D eigenvalue weighted by Crippen LogP contribution is -2.39. The van der Waals surface area contributed by atoms with Gasteiger partial charge in [0.15, 0.2) is 5.41 Å². The monoisotopic (exact) mass is 291 g/mol. The summed E-state index contributed by atoms with van der Waals surface area (Å²) in [4.78, 5) is 24.2. The van der Waals surface area contributed by atoms with E-state index in [9.17, 15) is 9.59 Å². The van der Waals surface area contributed by atoms with Crippen molar-refractivity contribution >= 4 is 11.9 Å². The van der Waals surface area contributed by atoms with Gasteiger partial charge in [-0.05, 0) is 33.8 Å². The van der Waals surface area contributed by atoms with E-state index in [4.69, 9.17) is 9.47 Å². The molecule has 0 radical (unpaired) electrons. The van der Waals surface area contributed by atoms with Crippen LogP contribution < -0.4 is 0 Å². The molecule has 0 aliphatic heterocycles. The maximum atomic E-state index is 12.1. The minimum absolute atomic E-state index is 0.234. The second-order valence-corrected chi connectivity index (χ2v) is 5.09. The summed E-state index contributed by atoms with van der Waals surface area (Å²) in [6, 6.07) is 0. The van der Waals surface area contributed by atoms with E-state index >= 15 is 0 Å². The highest BCUT2D eigenvalue weighted by Crippen LogP contribution is 2.28. The van der Waals surface area contributed by atoms with Crippen molar-refractivity contribution in [3.8, 4) is 0 Å². The number of carbonyl (C=O) groups excluding carboxylic acids is 2. The fourth-order valence-corrected chi connectivity index (χ4v) is 1.86. The summed E-state index contributed by atoms with van der Waals surface area (Å²) in [5.74, 6) is -1.10. The fraction of sp³-hybridized carbons (Fsp3) is 0.471. The Hall–Kier alpha value is -1.97. The zero-order chi connectivity index (χ0) is 15.9. The molecular formula is C17H23O4+. The predicted octanol–water partition coefficient (Wildman–Crippen LogP) is 3.16. The quantitative estimate of drug-likeness (QED) is 0.428. The van der Waals surface area contributed by atoms with Crippen LogP contribution in [0.25, 0.3) is 0 Å². The lowest BCUT2D eigenvalue weighted by atomic mass is 9.85. The Morgan fingerprint density at radius 3 is 2.19 bits per heavy atom. The first-order valence-electron chi connectivity index (χ1n) is 7.18. The molecule has 0 spiro atoms. The highest BCUT2D eigenvalue weighted by Gasteiger charge is 2.44. The molecule has 0 aromatic rings. The van der Waals surface area contributed by atoms with Crippen LogP contribution in [0.1, 0.15) is 34.1 Å². The smallest absolute Gasteiger partial charge is 0.324 e. The van der Waals surface area contributed by atoms with Gasteiger partial charge in [0.1, 0.15) is 0 Å². The largest absolute Gasteiger partial charge is 0.465 e. The van der Waals surface area contributed by atoms with E-state index in [1.165, 1.54) is 0 Å². The molecule has 0 bridgehead atoms. The Morgan fingerprint density at radius 1 is 1.19 bits per heavy atom. The van der Waals surface area contributed by atoms with Crippen molar-refractivity contribution in [2.75, 3.05) is 13.2 Å². The first-order chi connectivity index (χ1) is 9.93. The Morgan fingerprint density at radius 2 is 1.76 bits per heavy atom. The second-order valence-electron chi connectivity index (χ2n) is 5.09. The van der Waals surface area contributed by atoms with Gasteiger partial charge in [-0.2, -0.15) is 0 Å². The predicted molar refractivity (Wildman–Crippen MR) is 81.3 cm³/mol. The molecule has 0 N–H and O–H groups in total. The maximum absolute atomic E-state index is 12.1. The van der Waals surface area contributed by atoms with Crippen molar-refractivity contribution in [1.29, 1.82) is 0 Å². The van der Waals surface area contributed by atoms with E-state index in [0.717, 1.165) is 11.1 Å². The van der Waals surface area contributed by atoms with Crippen LogP contribution in [0, 0.1) is 11.8 Å². The summed E-state index contributed by atoms with van der Waals surface area (Å²) in [7, 11) is 0. The number of ether oxygens (including phenoxy) is 2. The number of hydrogen-bond donors (Lipinski definition) is 0. The summed E-state index contributed by atoms with van der Waals surface area (Å²) < 4.78 is 10.0. The summed E-state index contributed by atoms with van der Waals surface area (Å²) in [6.07, 6.45) is 9.97. The highest BCUT2D eigenvalue weighted by atomic mass is 16.6. The lowest BCUT2D eigenvalue weighted by molar-refractivity contribution is -0.170. The van der Waals surface area contributed by atoms with E-state index in [-0.39, 0.29) is 19.6 Å². The Labute approximate surface area is 126 Å². The van der Waals surface area contributed by atoms with Crippen LogP contribution >= 0.6 is 0 Å². The summed E-state index contributed by atoms with van der Waals surface area (Å²) in [6.45, 7) is 7.47. The zero-order valence-electron chi connectivity index (χ0n) is 13.1. The topological polar surface area (TPSA) is 52.6 Å². The van der Waals surface area contributed by atoms with Gasteiger partial charge in [0.2, 0.25) is 0 Å². The van der Waals surface area contributed by atoms with Gasteiger partial charge in [0, 0.05) is 36.6 Å². The molecule has 0 saturated heterocycles. The van der Waals surface area contributed by atoms with Crippen LogP contribution in [-0.4, -0.2) is 25.2 Å². The van der Waals surface area contributed by atoms with Gasteiger partial charge in [0.05, 0.1) is 18.8 Å². The third kappa shape index (κ3) is 4.52. The van der Waals surface area contributed by atoms with Gasteiger partial charge < -0.3 is 9.47 Å². The molecular weight excluding hydrogens is 268 g/mol. The normalized spacial score (nSPS) is 16.2. The van der Waals surface area contributed by atoms with Crippen LogP contribution in [0.2, 0.25) is 0 Å². The molecule has 0 atom stereocenters. The SMILES string of the molecule is CCOC(=O)C(C)(C/C=C1\C=CC(C)=C[CH+]1)C(=O)OCC. The van der Waals surface area contributed by atoms with E-state index < -0.39 is 17.4 Å². The highest BCUT2D eigenvalue weighted by molar-refractivity contribution is 5.99. The number of allylic oxidation sites excluding steroid dienone is 6. The van der Waals surface area contributed by atoms with E-state index in [2.05, 4.69) is 0 Å². The minimum atomic E-state index is -1.31. The minimum Gasteiger partial charge on any atom is -0.465 e. The van der Waals surface area contributed by atoms with Crippen molar-refractivity contribution < 1.29 is 19.1 Å². The van der Waals surface area contributed by atoms with Crippen LogP contribution in [-0.2, 0) is 19.1 Å². The third-order valence-electron chi connectivity index (χ3n) is 3.28. The van der Waals surface area contributed by atoms with Crippen molar-refractivity contribution in [2.24, 2.45) is 5.41 Å². The molecule has 0 fully saturated rings. The average Bonchev–Trinajstić information content (AvgIpc) is 2.46. The molecule has 4 nitrogen and oxygen atoms in total. The van der Waals surface area contributed by atoms with Gasteiger partial charge in [-0.1, -0.05) is 0 Å². The molecule has 0 heterocycles. The van der Waals surface area contributed by atoms with Gasteiger partial charge in [0.25, 0.3) is 0 Å². The van der Waals surface area contributed by atoms with Crippen molar-refractivity contribution in [1.82, 2.24) is 0 Å². The third-order valence-corrected chi connectivity index (χ3v) is 3.28. The maximum Gasteiger partial charge on any atom is 0.324 e. The summed E-state index contributed by atoms with van der Waals surface area (Å²) in [5, 5.41) is 0. The van der Waals surface area contributed by atoms with Crippen molar-refractivity contribution in [3.63, 3.8) is 0 Å². The molecule has 1 aliphatic carbocycles. The van der Waals surface area contributed by atoms with Gasteiger partial charge in [-0.15, -0.1) is 0 Å². The van der Waals surface area contributed by atoms with Crippen molar-refractivity contribution in [2.45, 2.75) is 34.1 Å². The van der Waals surface area contributed by atoms with Gasteiger partial charge >= 0.3 is 11.9 Å². The molecule has 114 valence electrons. The van der Waals surface area contributed by atoms with Crippen molar-refractivity contribution in [3.05, 3.63) is 41.9 Å². The summed E-state index contributed by atoms with van der Waals surface area (Å²) >= 11 is 0. The van der Waals surface area contributed by atoms with Crippen LogP contribution in [0.4, 0.5) is 0 Å². The van der Waals surface area contributed by atoms with Crippen LogP contribution in [0.15, 0.2) is 35.5 Å². The van der Waals surface area contributed by atoms with Gasteiger partial charge in [-0.25, -0.2) is 0 Å². The molecule has 0 saturated carbocycles. The molecule has 0 unspecified atom stereocenters.